The van der Waals surface area contributed by atoms with Crippen molar-refractivity contribution in [2.75, 3.05) is 49.1 Å². The number of hydrogen-bond acceptors (Lipinski definition) is 12. The first-order chi connectivity index (χ1) is 34.9. The molecule has 0 radical (unpaired) electrons. The van der Waals surface area contributed by atoms with Crippen molar-refractivity contribution in [3.05, 3.63) is 93.7 Å². The van der Waals surface area contributed by atoms with Crippen molar-refractivity contribution in [2.45, 2.75) is 117 Å². The average molecular weight is 1020 g/mol. The second-order valence-electron chi connectivity index (χ2n) is 21.3. The summed E-state index contributed by atoms with van der Waals surface area (Å²) in [7, 11) is 1.77. The van der Waals surface area contributed by atoms with Gasteiger partial charge in [0.1, 0.15) is 24.0 Å². The van der Waals surface area contributed by atoms with Crippen molar-refractivity contribution in [2.24, 2.45) is 17.9 Å². The summed E-state index contributed by atoms with van der Waals surface area (Å²) in [5, 5.41) is 22.3. The Morgan fingerprint density at radius 3 is 2.29 bits per heavy atom. The van der Waals surface area contributed by atoms with Gasteiger partial charge in [-0.25, -0.2) is 23.5 Å². The summed E-state index contributed by atoms with van der Waals surface area (Å²) in [6.45, 7) is 13.4. The van der Waals surface area contributed by atoms with Crippen LogP contribution in [0.15, 0.2) is 55.1 Å². The molecule has 20 heteroatoms. The maximum absolute atomic E-state index is 14.8. The van der Waals surface area contributed by atoms with E-state index in [1.807, 2.05) is 43.6 Å². The molecule has 384 valence electrons. The summed E-state index contributed by atoms with van der Waals surface area (Å²) in [6, 6.07) is 10.3. The maximum Gasteiger partial charge on any atom is 0.410 e. The molecule has 5 aromatic rings. The minimum absolute atomic E-state index is 0.00428. The van der Waals surface area contributed by atoms with Crippen LogP contribution in [0.3, 0.4) is 0 Å². The van der Waals surface area contributed by atoms with E-state index < -0.39 is 17.3 Å². The highest BCUT2D eigenvalue weighted by Gasteiger charge is 2.64. The Balaban J connectivity index is 0.738. The van der Waals surface area contributed by atoms with Gasteiger partial charge < -0.3 is 34.4 Å². The van der Waals surface area contributed by atoms with Gasteiger partial charge in [0.05, 0.1) is 34.9 Å². The van der Waals surface area contributed by atoms with Crippen molar-refractivity contribution < 1.29 is 32.6 Å². The number of alkyl halides is 2. The number of halogens is 3. The number of carbonyl (C=O) groups excluding carboxylic acids is 3. The lowest BCUT2D eigenvalue weighted by molar-refractivity contribution is -0.164. The van der Waals surface area contributed by atoms with E-state index in [0.717, 1.165) is 29.7 Å². The lowest BCUT2D eigenvalue weighted by Crippen LogP contribution is -2.74. The molecule has 17 nitrogen and oxygen atoms in total. The summed E-state index contributed by atoms with van der Waals surface area (Å²) < 4.78 is 45.7. The van der Waals surface area contributed by atoms with E-state index in [4.69, 9.17) is 26.2 Å². The lowest BCUT2D eigenvalue weighted by Gasteiger charge is -2.63. The molecule has 10 rings (SSSR count). The average Bonchev–Trinajstić information content (AvgIpc) is 4.00. The van der Waals surface area contributed by atoms with Gasteiger partial charge in [0.2, 0.25) is 11.9 Å². The van der Waals surface area contributed by atoms with Crippen LogP contribution in [-0.4, -0.2) is 115 Å². The van der Waals surface area contributed by atoms with Gasteiger partial charge in [-0.3, -0.25) is 19.0 Å². The third-order valence-corrected chi connectivity index (χ3v) is 16.1. The molecule has 0 unspecified atom stereocenters. The first kappa shape index (κ1) is 49.8. The number of nitrogens with one attached hydrogen (secondary N) is 1. The van der Waals surface area contributed by atoms with E-state index in [9.17, 15) is 28.4 Å². The fourth-order valence-corrected chi connectivity index (χ4v) is 12.4. The Labute approximate surface area is 428 Å². The molecular formula is C53H61ClF2N12O5. The largest absolute Gasteiger partial charge is 0.489 e. The van der Waals surface area contributed by atoms with Gasteiger partial charge in [0.15, 0.2) is 5.82 Å². The molecule has 0 bridgehead atoms. The molecule has 7 heterocycles. The molecule has 0 spiro atoms. The number of piperidine rings is 2. The predicted octanol–water partition coefficient (Wildman–Crippen LogP) is 8.58. The number of nitriles is 1. The predicted molar refractivity (Wildman–Crippen MR) is 269 cm³/mol. The third kappa shape index (κ3) is 9.42. The van der Waals surface area contributed by atoms with E-state index >= 15 is 0 Å². The second-order valence-corrected chi connectivity index (χ2v) is 21.7. The molecule has 2 aromatic carbocycles. The van der Waals surface area contributed by atoms with Gasteiger partial charge >= 0.3 is 6.09 Å². The van der Waals surface area contributed by atoms with E-state index in [1.54, 1.807) is 60.2 Å². The quantitative estimate of drug-likeness (QED) is 0.141. The van der Waals surface area contributed by atoms with E-state index in [1.165, 1.54) is 12.4 Å². The van der Waals surface area contributed by atoms with Crippen LogP contribution in [-0.2, 0) is 36.0 Å². The standard InChI is InChI=1S/C53H61ClF2N12O5/c1-31(69)66-21-15-43-41(30-66)46(67-16-7-8-32-22-39(35-28-60-63(6)29-35)40(45(55)56)24-44(32)67)62-68(43)36-11-17-65(18-12-36)51(71)73-37-13-19-64(20-14-37)50-58-26-34(27-59-50)47(70)61-48-52(2,3)49(53(48,4)5)72-38-10-9-33(25-57)42(54)23-38/h9-10,22-24,26-29,36-37,45,48-49H,7-8,11-21,30H2,1-6H3,(H,61,70). The number of aryl methyl sites for hydroxylation is 2. The number of fused-ring (bicyclic) bond motifs is 2. The molecule has 3 amide bonds. The molecule has 2 saturated heterocycles. The Bertz CT molecular complexity index is 2960. The van der Waals surface area contributed by atoms with Crippen LogP contribution in [0.2, 0.25) is 5.02 Å². The van der Waals surface area contributed by atoms with Crippen LogP contribution in [0.1, 0.15) is 117 Å². The molecule has 73 heavy (non-hydrogen) atoms. The highest BCUT2D eigenvalue weighted by molar-refractivity contribution is 6.31. The second kappa shape index (κ2) is 19.6. The molecule has 3 aromatic heterocycles. The number of aromatic nitrogens is 6. The summed E-state index contributed by atoms with van der Waals surface area (Å²) in [6.07, 6.45) is 7.56. The number of benzene rings is 2. The van der Waals surface area contributed by atoms with Crippen molar-refractivity contribution in [3.63, 3.8) is 0 Å². The molecule has 5 aliphatic rings. The topological polar surface area (TPSA) is 180 Å². The summed E-state index contributed by atoms with van der Waals surface area (Å²) in [5.74, 6) is 1.44. The normalized spacial score (nSPS) is 20.7. The number of nitrogens with zero attached hydrogens (tertiary/aromatic N) is 11. The van der Waals surface area contributed by atoms with Crippen LogP contribution < -0.4 is 19.9 Å². The van der Waals surface area contributed by atoms with Gasteiger partial charge in [0.25, 0.3) is 12.3 Å². The van der Waals surface area contributed by atoms with Crippen molar-refractivity contribution in [3.8, 4) is 22.9 Å². The molecule has 1 aliphatic carbocycles. The van der Waals surface area contributed by atoms with Crippen LogP contribution in [0.5, 0.6) is 5.75 Å². The van der Waals surface area contributed by atoms with Crippen molar-refractivity contribution in [1.29, 1.82) is 5.26 Å². The third-order valence-electron chi connectivity index (χ3n) is 15.8. The molecule has 3 fully saturated rings. The fourth-order valence-electron chi connectivity index (χ4n) is 12.2. The maximum atomic E-state index is 14.8. The number of ether oxygens (including phenoxy) is 2. The highest BCUT2D eigenvalue weighted by atomic mass is 35.5. The minimum Gasteiger partial charge on any atom is -0.489 e. The zero-order valence-electron chi connectivity index (χ0n) is 42.1. The van der Waals surface area contributed by atoms with Crippen LogP contribution in [0, 0.1) is 22.2 Å². The molecule has 0 atom stereocenters. The zero-order valence-corrected chi connectivity index (χ0v) is 42.8. The minimum atomic E-state index is -2.70. The SMILES string of the molecule is CC(=O)N1CCc2c(c(N3CCCc4cc(-c5cnn(C)c5)c(C(F)F)cc43)nn2C2CCN(C(=O)OC3CCN(c4ncc(C(=O)NC5C(C)(C)C(Oc6ccc(C#N)c(Cl)c6)C5(C)C)cn4)CC3)CC2)C1. The highest BCUT2D eigenvalue weighted by Crippen LogP contribution is 2.56. The van der Waals surface area contributed by atoms with Crippen molar-refractivity contribution in [1.82, 2.24) is 44.6 Å². The molecule has 4 aliphatic heterocycles. The molecule has 1 saturated carbocycles. The number of hydrogen-bond donors (Lipinski definition) is 1. The first-order valence-corrected chi connectivity index (χ1v) is 25.6. The number of likely N-dealkylation sites (tertiary alicyclic amines) is 1. The van der Waals surface area contributed by atoms with Gasteiger partial charge in [0, 0.05) is 142 Å². The van der Waals surface area contributed by atoms with Gasteiger partial charge in [-0.1, -0.05) is 39.3 Å². The van der Waals surface area contributed by atoms with E-state index in [0.29, 0.717) is 128 Å². The van der Waals surface area contributed by atoms with Crippen LogP contribution in [0.4, 0.5) is 31.0 Å². The number of rotatable bonds is 10. The van der Waals surface area contributed by atoms with Gasteiger partial charge in [-0.15, -0.1) is 0 Å². The van der Waals surface area contributed by atoms with E-state index in [-0.39, 0.29) is 47.8 Å². The summed E-state index contributed by atoms with van der Waals surface area (Å²) >= 11 is 6.26. The Morgan fingerprint density at radius 2 is 1.64 bits per heavy atom. The van der Waals surface area contributed by atoms with Crippen LogP contribution in [0.25, 0.3) is 11.1 Å². The monoisotopic (exact) mass is 1020 g/mol. The number of amides is 3. The van der Waals surface area contributed by atoms with Gasteiger partial charge in [-0.05, 0) is 61.1 Å². The van der Waals surface area contributed by atoms with Gasteiger partial charge in [-0.2, -0.15) is 15.5 Å². The Hall–Kier alpha value is -6.81. The van der Waals surface area contributed by atoms with Crippen LogP contribution >= 0.6 is 11.6 Å². The Kier molecular flexibility index (Phi) is 13.3. The lowest BCUT2D eigenvalue weighted by atomic mass is 9.49. The number of anilines is 3. The molecule has 1 N–H and O–H groups in total. The van der Waals surface area contributed by atoms with Crippen molar-refractivity contribution >= 4 is 47.0 Å². The van der Waals surface area contributed by atoms with E-state index in [2.05, 4.69) is 36.0 Å². The first-order valence-electron chi connectivity index (χ1n) is 25.2. The summed E-state index contributed by atoms with van der Waals surface area (Å²) in [4.78, 5) is 56.6. The smallest absolute Gasteiger partial charge is 0.410 e. The molecular weight excluding hydrogens is 958 g/mol. The fraction of sp³-hybridized carbons (Fsp3) is 0.509. The Morgan fingerprint density at radius 1 is 0.918 bits per heavy atom. The number of carbonyl (C=O) groups is 3. The zero-order chi connectivity index (χ0) is 51.5. The summed E-state index contributed by atoms with van der Waals surface area (Å²) in [5.41, 5.74) is 4.59.